The molecule has 92 valence electrons. The largest absolute Gasteiger partial charge is 0.330 e. The summed E-state index contributed by atoms with van der Waals surface area (Å²) in [6.07, 6.45) is 5.09. The molecule has 2 heterocycles. The topological polar surface area (TPSA) is 56.2 Å². The van der Waals surface area contributed by atoms with Crippen molar-refractivity contribution in [1.82, 2.24) is 14.6 Å². The number of aromatic nitrogens is 3. The number of rotatable bonds is 5. The molecule has 0 unspecified atom stereocenters. The van der Waals surface area contributed by atoms with Crippen LogP contribution in [-0.4, -0.2) is 21.1 Å². The van der Waals surface area contributed by atoms with Gasteiger partial charge in [-0.2, -0.15) is 0 Å². The minimum absolute atomic E-state index is 0.273. The van der Waals surface area contributed by atoms with Crippen LogP contribution in [0.15, 0.2) is 24.4 Å². The second kappa shape index (κ2) is 4.84. The van der Waals surface area contributed by atoms with Crippen molar-refractivity contribution in [2.45, 2.75) is 33.1 Å². The third-order valence-electron chi connectivity index (χ3n) is 3.23. The minimum atomic E-state index is 0.273. The Morgan fingerprint density at radius 3 is 2.82 bits per heavy atom. The molecule has 0 aliphatic rings. The summed E-state index contributed by atoms with van der Waals surface area (Å²) >= 11 is 0. The Morgan fingerprint density at radius 1 is 1.24 bits per heavy atom. The summed E-state index contributed by atoms with van der Waals surface area (Å²) in [5.41, 5.74) is 6.81. The van der Waals surface area contributed by atoms with E-state index in [0.29, 0.717) is 0 Å². The quantitative estimate of drug-likeness (QED) is 0.858. The first-order valence-electron chi connectivity index (χ1n) is 6.11. The molecule has 0 aliphatic heterocycles. The molecule has 2 rings (SSSR count). The van der Waals surface area contributed by atoms with E-state index in [4.69, 9.17) is 5.73 Å². The van der Waals surface area contributed by atoms with E-state index in [9.17, 15) is 0 Å². The van der Waals surface area contributed by atoms with Gasteiger partial charge in [-0.15, -0.1) is 10.2 Å². The Kier molecular flexibility index (Phi) is 3.43. The van der Waals surface area contributed by atoms with Crippen LogP contribution in [0.25, 0.3) is 5.65 Å². The highest BCUT2D eigenvalue weighted by atomic mass is 15.2. The number of fused-ring (bicyclic) bond motifs is 1. The van der Waals surface area contributed by atoms with E-state index in [1.165, 1.54) is 0 Å². The fourth-order valence-electron chi connectivity index (χ4n) is 2.03. The van der Waals surface area contributed by atoms with Gasteiger partial charge in [0.05, 0.1) is 0 Å². The molecule has 4 heteroatoms. The van der Waals surface area contributed by atoms with Gasteiger partial charge < -0.3 is 5.73 Å². The Balaban J connectivity index is 2.09. The van der Waals surface area contributed by atoms with Gasteiger partial charge in [0.2, 0.25) is 0 Å². The maximum absolute atomic E-state index is 5.62. The Bertz CT molecular complexity index is 487. The molecule has 0 bridgehead atoms. The van der Waals surface area contributed by atoms with Gasteiger partial charge in [0, 0.05) is 12.6 Å². The highest BCUT2D eigenvalue weighted by Gasteiger charge is 2.18. The van der Waals surface area contributed by atoms with Crippen molar-refractivity contribution in [3.63, 3.8) is 0 Å². The van der Waals surface area contributed by atoms with Crippen molar-refractivity contribution >= 4 is 5.65 Å². The van der Waals surface area contributed by atoms with Crippen molar-refractivity contribution in [3.8, 4) is 0 Å². The second-order valence-corrected chi connectivity index (χ2v) is 5.25. The highest BCUT2D eigenvalue weighted by Crippen LogP contribution is 2.25. The predicted molar refractivity (Wildman–Crippen MR) is 68.8 cm³/mol. The predicted octanol–water partition coefficient (Wildman–Crippen LogP) is 2.04. The molecule has 2 N–H and O–H groups in total. The van der Waals surface area contributed by atoms with E-state index in [1.807, 2.05) is 24.4 Å². The van der Waals surface area contributed by atoms with Crippen LogP contribution in [0.4, 0.5) is 0 Å². The molecule has 0 saturated carbocycles. The number of aryl methyl sites for hydroxylation is 1. The maximum Gasteiger partial charge on any atom is 0.160 e. The average molecular weight is 232 g/mol. The van der Waals surface area contributed by atoms with Crippen LogP contribution < -0.4 is 5.73 Å². The van der Waals surface area contributed by atoms with E-state index in [1.54, 1.807) is 0 Å². The number of hydrogen-bond donors (Lipinski definition) is 1. The lowest BCUT2D eigenvalue weighted by atomic mass is 9.84. The van der Waals surface area contributed by atoms with Crippen molar-refractivity contribution < 1.29 is 0 Å². The van der Waals surface area contributed by atoms with E-state index in [0.717, 1.165) is 37.3 Å². The molecule has 0 fully saturated rings. The summed E-state index contributed by atoms with van der Waals surface area (Å²) in [4.78, 5) is 0. The molecule has 4 nitrogen and oxygen atoms in total. The van der Waals surface area contributed by atoms with E-state index in [2.05, 4.69) is 28.4 Å². The zero-order valence-electron chi connectivity index (χ0n) is 10.6. The SMILES string of the molecule is CC(C)(CCN)CCc1nnc2ccccn12. The number of hydrogen-bond acceptors (Lipinski definition) is 3. The van der Waals surface area contributed by atoms with Gasteiger partial charge in [0.25, 0.3) is 0 Å². The third-order valence-corrected chi connectivity index (χ3v) is 3.23. The molecule has 2 aromatic heterocycles. The lowest BCUT2D eigenvalue weighted by Crippen LogP contribution is -2.18. The highest BCUT2D eigenvalue weighted by molar-refractivity contribution is 5.36. The van der Waals surface area contributed by atoms with Crippen LogP contribution in [-0.2, 0) is 6.42 Å². The Hall–Kier alpha value is -1.42. The molecule has 0 amide bonds. The van der Waals surface area contributed by atoms with Crippen molar-refractivity contribution in [3.05, 3.63) is 30.2 Å². The fourth-order valence-corrected chi connectivity index (χ4v) is 2.03. The second-order valence-electron chi connectivity index (χ2n) is 5.25. The normalized spacial score (nSPS) is 12.2. The summed E-state index contributed by atoms with van der Waals surface area (Å²) < 4.78 is 2.05. The van der Waals surface area contributed by atoms with Gasteiger partial charge in [-0.1, -0.05) is 19.9 Å². The first kappa shape index (κ1) is 12.0. The molecule has 17 heavy (non-hydrogen) atoms. The van der Waals surface area contributed by atoms with Gasteiger partial charge in [0.1, 0.15) is 5.82 Å². The minimum Gasteiger partial charge on any atom is -0.330 e. The van der Waals surface area contributed by atoms with Crippen LogP contribution in [0, 0.1) is 5.41 Å². The number of nitrogens with zero attached hydrogens (tertiary/aromatic N) is 3. The summed E-state index contributed by atoms with van der Waals surface area (Å²) in [5.74, 6) is 1.03. The Morgan fingerprint density at radius 2 is 2.06 bits per heavy atom. The van der Waals surface area contributed by atoms with Crippen molar-refractivity contribution in [2.24, 2.45) is 11.1 Å². The average Bonchev–Trinajstić information content (AvgIpc) is 2.70. The standard InChI is InChI=1S/C13H20N4/c1-13(2,8-9-14)7-6-12-16-15-11-5-3-4-10-17(11)12/h3-5,10H,6-9,14H2,1-2H3. The smallest absolute Gasteiger partial charge is 0.160 e. The molecule has 0 saturated heterocycles. The number of pyridine rings is 1. The van der Waals surface area contributed by atoms with E-state index >= 15 is 0 Å². The zero-order chi connectivity index (χ0) is 12.3. The van der Waals surface area contributed by atoms with Gasteiger partial charge in [-0.05, 0) is 36.9 Å². The summed E-state index contributed by atoms with van der Waals surface area (Å²) in [5, 5.41) is 8.39. The summed E-state index contributed by atoms with van der Waals surface area (Å²) in [7, 11) is 0. The third kappa shape index (κ3) is 2.82. The summed E-state index contributed by atoms with van der Waals surface area (Å²) in [6, 6.07) is 5.96. The zero-order valence-corrected chi connectivity index (χ0v) is 10.6. The first-order chi connectivity index (χ1) is 8.12. The van der Waals surface area contributed by atoms with Gasteiger partial charge >= 0.3 is 0 Å². The van der Waals surface area contributed by atoms with E-state index < -0.39 is 0 Å². The van der Waals surface area contributed by atoms with Gasteiger partial charge in [-0.25, -0.2) is 0 Å². The lowest BCUT2D eigenvalue weighted by Gasteiger charge is -2.23. The molecule has 0 aromatic carbocycles. The molecule has 0 aliphatic carbocycles. The van der Waals surface area contributed by atoms with Crippen LogP contribution >= 0.6 is 0 Å². The molecule has 0 atom stereocenters. The van der Waals surface area contributed by atoms with Gasteiger partial charge in [0.15, 0.2) is 5.65 Å². The molecule has 2 aromatic rings. The van der Waals surface area contributed by atoms with Crippen molar-refractivity contribution in [1.29, 1.82) is 0 Å². The van der Waals surface area contributed by atoms with Crippen LogP contribution in [0.3, 0.4) is 0 Å². The van der Waals surface area contributed by atoms with Crippen molar-refractivity contribution in [2.75, 3.05) is 6.54 Å². The van der Waals surface area contributed by atoms with Crippen LogP contribution in [0.1, 0.15) is 32.5 Å². The molecular formula is C13H20N4. The van der Waals surface area contributed by atoms with E-state index in [-0.39, 0.29) is 5.41 Å². The number of nitrogens with two attached hydrogens (primary N) is 1. The molecule has 0 spiro atoms. The van der Waals surface area contributed by atoms with Crippen LogP contribution in [0.2, 0.25) is 0 Å². The first-order valence-corrected chi connectivity index (χ1v) is 6.11. The summed E-state index contributed by atoms with van der Waals surface area (Å²) in [6.45, 7) is 5.25. The van der Waals surface area contributed by atoms with Gasteiger partial charge in [-0.3, -0.25) is 4.40 Å². The Labute approximate surface area is 102 Å². The molecular weight excluding hydrogens is 212 g/mol. The van der Waals surface area contributed by atoms with Crippen LogP contribution in [0.5, 0.6) is 0 Å². The lowest BCUT2D eigenvalue weighted by molar-refractivity contribution is 0.310. The molecule has 0 radical (unpaired) electrons. The maximum atomic E-state index is 5.62. The monoisotopic (exact) mass is 232 g/mol. The fraction of sp³-hybridized carbons (Fsp3) is 0.538.